The van der Waals surface area contributed by atoms with Crippen molar-refractivity contribution in [3.05, 3.63) is 11.9 Å². The summed E-state index contributed by atoms with van der Waals surface area (Å²) in [6.07, 6.45) is 3.87. The summed E-state index contributed by atoms with van der Waals surface area (Å²) in [4.78, 5) is 4.19. The van der Waals surface area contributed by atoms with E-state index in [1.807, 2.05) is 26.3 Å². The van der Waals surface area contributed by atoms with E-state index >= 15 is 0 Å². The summed E-state index contributed by atoms with van der Waals surface area (Å²) in [5.74, 6) is 1.44. The van der Waals surface area contributed by atoms with Gasteiger partial charge in [-0.2, -0.15) is 0 Å². The molecule has 58 valence electrons. The molecule has 10 heavy (non-hydrogen) atoms. The van der Waals surface area contributed by atoms with Gasteiger partial charge in [0.2, 0.25) is 0 Å². The van der Waals surface area contributed by atoms with Gasteiger partial charge in [0, 0.05) is 13.3 Å². The zero-order valence-electron chi connectivity index (χ0n) is 7.18. The molecule has 0 bridgehead atoms. The molecule has 0 aliphatic carbocycles. The zero-order chi connectivity index (χ0) is 7.98. The lowest BCUT2D eigenvalue weighted by atomic mass is 10.2. The van der Waals surface area contributed by atoms with Gasteiger partial charge in [-0.15, -0.1) is 0 Å². The number of nitrogens with one attached hydrogen (secondary N) is 1. The molecule has 0 radical (unpaired) electrons. The number of allylic oxidation sites excluding steroid dienone is 1. The molecule has 0 aliphatic heterocycles. The Morgan fingerprint density at radius 3 is 2.40 bits per heavy atom. The molecule has 0 amide bonds. The Kier molecular flexibility index (Phi) is 4.63. The van der Waals surface area contributed by atoms with Gasteiger partial charge in [0.05, 0.1) is 0 Å². The van der Waals surface area contributed by atoms with E-state index in [1.165, 1.54) is 0 Å². The van der Waals surface area contributed by atoms with Crippen molar-refractivity contribution in [1.82, 2.24) is 5.32 Å². The highest BCUT2D eigenvalue weighted by molar-refractivity contribution is 5.60. The third kappa shape index (κ3) is 4.13. The fourth-order valence-corrected chi connectivity index (χ4v) is 0.513. The summed E-state index contributed by atoms with van der Waals surface area (Å²) in [5, 5.41) is 2.97. The van der Waals surface area contributed by atoms with E-state index < -0.39 is 0 Å². The van der Waals surface area contributed by atoms with Crippen LogP contribution < -0.4 is 5.32 Å². The number of hydrogen-bond acceptors (Lipinski definition) is 2. The first-order valence-electron chi connectivity index (χ1n) is 3.59. The lowest BCUT2D eigenvalue weighted by Crippen LogP contribution is -2.03. The zero-order valence-corrected chi connectivity index (χ0v) is 7.18. The molecule has 0 aliphatic rings. The van der Waals surface area contributed by atoms with Gasteiger partial charge in [-0.05, 0) is 18.9 Å². The normalized spacial score (nSPS) is 13.1. The fourth-order valence-electron chi connectivity index (χ4n) is 0.513. The molecule has 0 atom stereocenters. The predicted octanol–water partition coefficient (Wildman–Crippen LogP) is 1.79. The average Bonchev–Trinajstić information content (AvgIpc) is 1.90. The van der Waals surface area contributed by atoms with Gasteiger partial charge in [-0.1, -0.05) is 13.8 Å². The first-order valence-corrected chi connectivity index (χ1v) is 3.59. The van der Waals surface area contributed by atoms with E-state index in [0.717, 1.165) is 5.82 Å². The van der Waals surface area contributed by atoms with Crippen LogP contribution in [0.3, 0.4) is 0 Å². The monoisotopic (exact) mass is 140 g/mol. The van der Waals surface area contributed by atoms with Crippen molar-refractivity contribution in [2.75, 3.05) is 7.05 Å². The topological polar surface area (TPSA) is 24.4 Å². The maximum absolute atomic E-state index is 4.19. The Morgan fingerprint density at radius 1 is 1.50 bits per heavy atom. The van der Waals surface area contributed by atoms with Crippen LogP contribution in [0, 0.1) is 5.92 Å². The highest BCUT2D eigenvalue weighted by Gasteiger charge is 1.86. The molecule has 0 spiro atoms. The van der Waals surface area contributed by atoms with Crippen molar-refractivity contribution in [3.63, 3.8) is 0 Å². The molecular weight excluding hydrogens is 124 g/mol. The highest BCUT2D eigenvalue weighted by Crippen LogP contribution is 1.91. The van der Waals surface area contributed by atoms with Crippen molar-refractivity contribution in [2.24, 2.45) is 10.9 Å². The second-order valence-electron chi connectivity index (χ2n) is 2.45. The Hall–Kier alpha value is -0.790. The van der Waals surface area contributed by atoms with Crippen LogP contribution in [0.25, 0.3) is 0 Å². The second kappa shape index (κ2) is 5.03. The molecule has 0 aromatic heterocycles. The first kappa shape index (κ1) is 9.21. The van der Waals surface area contributed by atoms with Gasteiger partial charge in [0.25, 0.3) is 0 Å². The fraction of sp³-hybridized carbons (Fsp3) is 0.625. The molecule has 2 nitrogen and oxygen atoms in total. The van der Waals surface area contributed by atoms with Crippen molar-refractivity contribution < 1.29 is 0 Å². The molecule has 0 rings (SSSR count). The van der Waals surface area contributed by atoms with E-state index in [-0.39, 0.29) is 0 Å². The number of aliphatic imine (C=N–C) groups is 1. The van der Waals surface area contributed by atoms with Crippen LogP contribution in [0.2, 0.25) is 0 Å². The second-order valence-corrected chi connectivity index (χ2v) is 2.45. The maximum atomic E-state index is 4.19. The summed E-state index contributed by atoms with van der Waals surface area (Å²) in [7, 11) is 1.87. The lowest BCUT2D eigenvalue weighted by molar-refractivity contribution is 0.889. The van der Waals surface area contributed by atoms with Crippen LogP contribution in [0.5, 0.6) is 0 Å². The minimum atomic E-state index is 0.517. The van der Waals surface area contributed by atoms with Gasteiger partial charge >= 0.3 is 0 Å². The van der Waals surface area contributed by atoms with Crippen LogP contribution >= 0.6 is 0 Å². The Labute approximate surface area is 63.0 Å². The first-order chi connectivity index (χ1) is 4.70. The van der Waals surface area contributed by atoms with Crippen LogP contribution in [-0.4, -0.2) is 13.3 Å². The summed E-state index contributed by atoms with van der Waals surface area (Å²) >= 11 is 0. The third-order valence-electron chi connectivity index (χ3n) is 1.04. The van der Waals surface area contributed by atoms with Crippen LogP contribution in [-0.2, 0) is 0 Å². The van der Waals surface area contributed by atoms with Gasteiger partial charge < -0.3 is 5.32 Å². The van der Waals surface area contributed by atoms with Crippen LogP contribution in [0.1, 0.15) is 20.8 Å². The van der Waals surface area contributed by atoms with Crippen molar-refractivity contribution >= 4 is 6.21 Å². The smallest absolute Gasteiger partial charge is 0.120 e. The van der Waals surface area contributed by atoms with Crippen LogP contribution in [0.15, 0.2) is 16.9 Å². The predicted molar refractivity (Wildman–Crippen MR) is 46.1 cm³/mol. The summed E-state index contributed by atoms with van der Waals surface area (Å²) < 4.78 is 0. The number of nitrogens with zero attached hydrogens (tertiary/aromatic N) is 1. The van der Waals surface area contributed by atoms with Gasteiger partial charge in [0.15, 0.2) is 0 Å². The lowest BCUT2D eigenvalue weighted by Gasteiger charge is -1.98. The molecule has 0 aromatic rings. The van der Waals surface area contributed by atoms with Crippen molar-refractivity contribution in [3.8, 4) is 0 Å². The number of hydrogen-bond donors (Lipinski definition) is 1. The minimum absolute atomic E-state index is 0.517. The summed E-state index contributed by atoms with van der Waals surface area (Å²) in [6.45, 7) is 6.17. The highest BCUT2D eigenvalue weighted by atomic mass is 15.0. The minimum Gasteiger partial charge on any atom is -0.373 e. The molecule has 0 saturated heterocycles. The quantitative estimate of drug-likeness (QED) is 0.594. The number of rotatable bonds is 3. The van der Waals surface area contributed by atoms with E-state index in [2.05, 4.69) is 24.2 Å². The Balaban J connectivity index is 3.86. The third-order valence-corrected chi connectivity index (χ3v) is 1.04. The molecular formula is C8H16N2. The molecule has 0 aromatic carbocycles. The van der Waals surface area contributed by atoms with Gasteiger partial charge in [-0.3, -0.25) is 0 Å². The molecule has 2 heteroatoms. The van der Waals surface area contributed by atoms with E-state index in [1.54, 1.807) is 0 Å². The summed E-state index contributed by atoms with van der Waals surface area (Å²) in [6, 6.07) is 0. The maximum Gasteiger partial charge on any atom is 0.120 e. The van der Waals surface area contributed by atoms with Gasteiger partial charge in [0.1, 0.15) is 5.82 Å². The van der Waals surface area contributed by atoms with E-state index in [9.17, 15) is 0 Å². The van der Waals surface area contributed by atoms with Gasteiger partial charge in [-0.25, -0.2) is 4.99 Å². The van der Waals surface area contributed by atoms with E-state index in [4.69, 9.17) is 0 Å². The van der Waals surface area contributed by atoms with Crippen molar-refractivity contribution in [2.45, 2.75) is 20.8 Å². The molecule has 0 heterocycles. The average molecular weight is 140 g/mol. The summed E-state index contributed by atoms with van der Waals surface area (Å²) in [5.41, 5.74) is 0. The molecule has 0 fully saturated rings. The molecule has 0 unspecified atom stereocenters. The SMILES string of the molecule is C/C=C(\N=CC(C)C)NC. The standard InChI is InChI=1S/C8H16N2/c1-5-8(9-4)10-6-7(2)3/h5-7,9H,1-4H3/b8-5-,10-6?. The Morgan fingerprint density at radius 2 is 2.10 bits per heavy atom. The molecule has 0 saturated carbocycles. The van der Waals surface area contributed by atoms with E-state index in [0.29, 0.717) is 5.92 Å². The van der Waals surface area contributed by atoms with Crippen molar-refractivity contribution in [1.29, 1.82) is 0 Å². The largest absolute Gasteiger partial charge is 0.373 e. The molecule has 1 N–H and O–H groups in total. The Bertz CT molecular complexity index is 134. The van der Waals surface area contributed by atoms with Crippen LogP contribution in [0.4, 0.5) is 0 Å².